The van der Waals surface area contributed by atoms with E-state index in [1.165, 1.54) is 0 Å². The van der Waals surface area contributed by atoms with Crippen molar-refractivity contribution >= 4 is 5.82 Å². The minimum atomic E-state index is 0.403. The highest BCUT2D eigenvalue weighted by molar-refractivity contribution is 5.36. The van der Waals surface area contributed by atoms with Gasteiger partial charge >= 0.3 is 0 Å². The number of nitrogens with zero attached hydrogens (tertiary/aromatic N) is 2. The Morgan fingerprint density at radius 2 is 2.33 bits per heavy atom. The van der Waals surface area contributed by atoms with Gasteiger partial charge in [0.25, 0.3) is 0 Å². The summed E-state index contributed by atoms with van der Waals surface area (Å²) >= 11 is 0. The van der Waals surface area contributed by atoms with Gasteiger partial charge in [0.2, 0.25) is 0 Å². The first-order valence-electron chi connectivity index (χ1n) is 5.42. The van der Waals surface area contributed by atoms with E-state index >= 15 is 0 Å². The van der Waals surface area contributed by atoms with Crippen LogP contribution in [0.3, 0.4) is 0 Å². The van der Waals surface area contributed by atoms with Crippen molar-refractivity contribution in [3.05, 3.63) is 18.1 Å². The molecule has 0 amide bonds. The van der Waals surface area contributed by atoms with Crippen LogP contribution in [0.5, 0.6) is 0 Å². The largest absolute Gasteiger partial charge is 0.379 e. The number of hydrogen-bond donors (Lipinski definition) is 1. The molecule has 1 N–H and O–H groups in total. The molecule has 4 heteroatoms. The maximum Gasteiger partial charge on any atom is 0.129 e. The minimum Gasteiger partial charge on any atom is -0.379 e. The molecule has 0 spiro atoms. The third kappa shape index (κ3) is 2.65. The standard InChI is InChI=1S/C11H17N3O/c1-8(2)10-5-11(13-7-12-10)14-9-3-4-15-6-9/h5,7-9H,3-4,6H2,1-2H3,(H,12,13,14)/t9-/m0/s1. The number of nitrogens with one attached hydrogen (secondary N) is 1. The highest BCUT2D eigenvalue weighted by Gasteiger charge is 2.15. The van der Waals surface area contributed by atoms with Gasteiger partial charge in [-0.1, -0.05) is 13.8 Å². The van der Waals surface area contributed by atoms with Crippen molar-refractivity contribution in [2.24, 2.45) is 0 Å². The van der Waals surface area contributed by atoms with Crippen molar-refractivity contribution in [3.63, 3.8) is 0 Å². The summed E-state index contributed by atoms with van der Waals surface area (Å²) in [6.45, 7) is 5.89. The zero-order valence-electron chi connectivity index (χ0n) is 9.23. The molecule has 0 unspecified atom stereocenters. The summed E-state index contributed by atoms with van der Waals surface area (Å²) in [5.74, 6) is 1.34. The molecule has 2 rings (SSSR count). The summed E-state index contributed by atoms with van der Waals surface area (Å²) in [7, 11) is 0. The van der Waals surface area contributed by atoms with Gasteiger partial charge in [-0.15, -0.1) is 0 Å². The van der Waals surface area contributed by atoms with E-state index in [0.29, 0.717) is 12.0 Å². The molecule has 1 aliphatic heterocycles. The Bertz CT molecular complexity index is 321. The third-order valence-corrected chi connectivity index (χ3v) is 2.56. The van der Waals surface area contributed by atoms with Crippen molar-refractivity contribution < 1.29 is 4.74 Å². The van der Waals surface area contributed by atoms with E-state index in [2.05, 4.69) is 29.1 Å². The molecular weight excluding hydrogens is 190 g/mol. The molecule has 0 aromatic carbocycles. The summed E-state index contributed by atoms with van der Waals surface area (Å²) in [5.41, 5.74) is 1.08. The van der Waals surface area contributed by atoms with Crippen LogP contribution in [0.1, 0.15) is 31.9 Å². The maximum atomic E-state index is 5.30. The lowest BCUT2D eigenvalue weighted by molar-refractivity contribution is 0.195. The van der Waals surface area contributed by atoms with Crippen LogP contribution in [0, 0.1) is 0 Å². The quantitative estimate of drug-likeness (QED) is 0.821. The summed E-state index contributed by atoms with van der Waals surface area (Å²) in [6, 6.07) is 2.42. The Morgan fingerprint density at radius 3 is 3.00 bits per heavy atom. The van der Waals surface area contributed by atoms with Gasteiger partial charge < -0.3 is 10.1 Å². The number of anilines is 1. The topological polar surface area (TPSA) is 47.0 Å². The van der Waals surface area contributed by atoms with E-state index in [9.17, 15) is 0 Å². The molecule has 2 heterocycles. The third-order valence-electron chi connectivity index (χ3n) is 2.56. The molecule has 0 saturated carbocycles. The number of aromatic nitrogens is 2. The molecule has 1 aliphatic rings. The monoisotopic (exact) mass is 207 g/mol. The smallest absolute Gasteiger partial charge is 0.129 e. The van der Waals surface area contributed by atoms with Gasteiger partial charge in [-0.25, -0.2) is 9.97 Å². The van der Waals surface area contributed by atoms with E-state index in [4.69, 9.17) is 4.74 Å². The summed E-state index contributed by atoms with van der Waals surface area (Å²) in [6.07, 6.45) is 2.68. The predicted molar refractivity (Wildman–Crippen MR) is 59.0 cm³/mol. The fourth-order valence-corrected chi connectivity index (χ4v) is 1.62. The molecule has 1 aromatic heterocycles. The van der Waals surface area contributed by atoms with Gasteiger partial charge in [0.1, 0.15) is 12.1 Å². The fourth-order valence-electron chi connectivity index (χ4n) is 1.62. The first kappa shape index (κ1) is 10.4. The zero-order chi connectivity index (χ0) is 10.7. The Kier molecular flexibility index (Phi) is 3.16. The van der Waals surface area contributed by atoms with Crippen molar-refractivity contribution in [2.45, 2.75) is 32.2 Å². The lowest BCUT2D eigenvalue weighted by Gasteiger charge is -2.12. The maximum absolute atomic E-state index is 5.30. The molecule has 1 aromatic rings. The molecule has 0 aliphatic carbocycles. The summed E-state index contributed by atoms with van der Waals surface area (Å²) < 4.78 is 5.30. The van der Waals surface area contributed by atoms with Crippen LogP contribution in [-0.2, 0) is 4.74 Å². The summed E-state index contributed by atoms with van der Waals surface area (Å²) in [5, 5.41) is 3.36. The number of hydrogen-bond acceptors (Lipinski definition) is 4. The average Bonchev–Trinajstić information content (AvgIpc) is 2.71. The average molecular weight is 207 g/mol. The van der Waals surface area contributed by atoms with Crippen molar-refractivity contribution in [3.8, 4) is 0 Å². The predicted octanol–water partition coefficient (Wildman–Crippen LogP) is 1.80. The van der Waals surface area contributed by atoms with Gasteiger partial charge in [-0.3, -0.25) is 0 Å². The van der Waals surface area contributed by atoms with E-state index in [0.717, 1.165) is 31.1 Å². The molecule has 0 radical (unpaired) electrons. The minimum absolute atomic E-state index is 0.403. The fraction of sp³-hybridized carbons (Fsp3) is 0.636. The first-order valence-corrected chi connectivity index (χ1v) is 5.42. The molecule has 1 atom stereocenters. The zero-order valence-corrected chi connectivity index (χ0v) is 9.23. The van der Waals surface area contributed by atoms with Gasteiger partial charge in [0, 0.05) is 18.4 Å². The molecule has 1 fully saturated rings. The molecule has 0 bridgehead atoms. The van der Waals surface area contributed by atoms with Crippen LogP contribution in [0.25, 0.3) is 0 Å². The first-order chi connectivity index (χ1) is 7.25. The molecular formula is C11H17N3O. The van der Waals surface area contributed by atoms with E-state index in [-0.39, 0.29) is 0 Å². The van der Waals surface area contributed by atoms with Gasteiger partial charge in [0.15, 0.2) is 0 Å². The SMILES string of the molecule is CC(C)c1cc(N[C@H]2CCOC2)ncn1. The lowest BCUT2D eigenvalue weighted by atomic mass is 10.1. The second-order valence-corrected chi connectivity index (χ2v) is 4.19. The molecule has 15 heavy (non-hydrogen) atoms. The highest BCUT2D eigenvalue weighted by Crippen LogP contribution is 2.16. The Balaban J connectivity index is 2.04. The van der Waals surface area contributed by atoms with E-state index in [1.807, 2.05) is 6.07 Å². The van der Waals surface area contributed by atoms with Crippen LogP contribution in [0.2, 0.25) is 0 Å². The van der Waals surface area contributed by atoms with Crippen LogP contribution in [0.15, 0.2) is 12.4 Å². The number of ether oxygens (including phenoxy) is 1. The molecule has 1 saturated heterocycles. The van der Waals surface area contributed by atoms with E-state index in [1.54, 1.807) is 6.33 Å². The van der Waals surface area contributed by atoms with Crippen molar-refractivity contribution in [2.75, 3.05) is 18.5 Å². The van der Waals surface area contributed by atoms with Crippen LogP contribution < -0.4 is 5.32 Å². The van der Waals surface area contributed by atoms with Gasteiger partial charge in [-0.05, 0) is 12.3 Å². The highest BCUT2D eigenvalue weighted by atomic mass is 16.5. The summed E-state index contributed by atoms with van der Waals surface area (Å²) in [4.78, 5) is 8.44. The number of rotatable bonds is 3. The van der Waals surface area contributed by atoms with Crippen LogP contribution >= 0.6 is 0 Å². The Labute approximate surface area is 90.1 Å². The van der Waals surface area contributed by atoms with E-state index < -0.39 is 0 Å². The second-order valence-electron chi connectivity index (χ2n) is 4.19. The van der Waals surface area contributed by atoms with Gasteiger partial charge in [-0.2, -0.15) is 0 Å². The molecule has 82 valence electrons. The lowest BCUT2D eigenvalue weighted by Crippen LogP contribution is -2.19. The second kappa shape index (κ2) is 4.57. The molecule has 4 nitrogen and oxygen atoms in total. The van der Waals surface area contributed by atoms with Crippen molar-refractivity contribution in [1.82, 2.24) is 9.97 Å². The Hall–Kier alpha value is -1.16. The van der Waals surface area contributed by atoms with Gasteiger partial charge in [0.05, 0.1) is 12.6 Å². The van der Waals surface area contributed by atoms with Crippen LogP contribution in [0.4, 0.5) is 5.82 Å². The van der Waals surface area contributed by atoms with Crippen LogP contribution in [-0.4, -0.2) is 29.2 Å². The normalized spacial score (nSPS) is 20.9. The Morgan fingerprint density at radius 1 is 1.47 bits per heavy atom. The van der Waals surface area contributed by atoms with Crippen molar-refractivity contribution in [1.29, 1.82) is 0 Å².